The number of hydrogen-bond donors (Lipinski definition) is 1. The first kappa shape index (κ1) is 10.7. The standard InChI is InChI=1S/C14H19NS2/c1-8-12(15-13(16)17-8)14-5-9-2-10(6-14)4-11(3-9)7-14/h9-11H,2-7H2,1H3,(H,15,16). The van der Waals surface area contributed by atoms with Gasteiger partial charge < -0.3 is 4.98 Å². The van der Waals surface area contributed by atoms with Crippen LogP contribution in [0.3, 0.4) is 0 Å². The van der Waals surface area contributed by atoms with Crippen LogP contribution in [0, 0.1) is 28.6 Å². The van der Waals surface area contributed by atoms with E-state index in [2.05, 4.69) is 11.9 Å². The zero-order chi connectivity index (χ0) is 11.6. The van der Waals surface area contributed by atoms with Crippen LogP contribution in [0.5, 0.6) is 0 Å². The highest BCUT2D eigenvalue weighted by molar-refractivity contribution is 7.73. The smallest absolute Gasteiger partial charge is 0.158 e. The fourth-order valence-corrected chi connectivity index (χ4v) is 6.61. The van der Waals surface area contributed by atoms with Gasteiger partial charge in [-0.15, -0.1) is 11.3 Å². The molecular formula is C14H19NS2. The maximum Gasteiger partial charge on any atom is 0.158 e. The zero-order valence-electron chi connectivity index (χ0n) is 10.3. The lowest BCUT2D eigenvalue weighted by molar-refractivity contribution is -0.00721. The minimum atomic E-state index is 0.492. The highest BCUT2D eigenvalue weighted by Gasteiger charge is 2.52. The quantitative estimate of drug-likeness (QED) is 0.735. The van der Waals surface area contributed by atoms with E-state index in [1.165, 1.54) is 49.1 Å². The third-order valence-electron chi connectivity index (χ3n) is 5.39. The maximum atomic E-state index is 5.34. The van der Waals surface area contributed by atoms with Crippen LogP contribution < -0.4 is 0 Å². The average Bonchev–Trinajstić information content (AvgIpc) is 2.56. The Labute approximate surface area is 112 Å². The normalized spacial score (nSPS) is 43.2. The first-order chi connectivity index (χ1) is 8.14. The summed E-state index contributed by atoms with van der Waals surface area (Å²) < 4.78 is 0.980. The monoisotopic (exact) mass is 265 g/mol. The highest BCUT2D eigenvalue weighted by Crippen LogP contribution is 2.61. The molecule has 1 heterocycles. The summed E-state index contributed by atoms with van der Waals surface area (Å²) in [7, 11) is 0. The second-order valence-corrected chi connectivity index (χ2v) is 8.54. The lowest BCUT2D eigenvalue weighted by atomic mass is 9.48. The van der Waals surface area contributed by atoms with Crippen molar-refractivity contribution in [3.8, 4) is 0 Å². The molecule has 1 N–H and O–H groups in total. The summed E-state index contributed by atoms with van der Waals surface area (Å²) in [6.45, 7) is 2.25. The zero-order valence-corrected chi connectivity index (χ0v) is 11.9. The highest BCUT2D eigenvalue weighted by atomic mass is 32.1. The third-order valence-corrected chi connectivity index (χ3v) is 6.54. The van der Waals surface area contributed by atoms with Crippen molar-refractivity contribution in [1.82, 2.24) is 4.98 Å². The van der Waals surface area contributed by atoms with E-state index in [9.17, 15) is 0 Å². The molecule has 0 aliphatic heterocycles. The molecule has 4 bridgehead atoms. The molecule has 17 heavy (non-hydrogen) atoms. The summed E-state index contributed by atoms with van der Waals surface area (Å²) >= 11 is 7.12. The maximum absolute atomic E-state index is 5.34. The largest absolute Gasteiger partial charge is 0.340 e. The number of nitrogens with one attached hydrogen (secondary N) is 1. The van der Waals surface area contributed by atoms with Gasteiger partial charge in [0, 0.05) is 16.0 Å². The second-order valence-electron chi connectivity index (χ2n) is 6.64. The molecule has 3 heteroatoms. The van der Waals surface area contributed by atoms with Gasteiger partial charge in [0.25, 0.3) is 0 Å². The molecule has 0 radical (unpaired) electrons. The Hall–Kier alpha value is -0.150. The summed E-state index contributed by atoms with van der Waals surface area (Å²) in [5.74, 6) is 3.05. The summed E-state index contributed by atoms with van der Waals surface area (Å²) in [5.41, 5.74) is 2.01. The number of rotatable bonds is 1. The molecule has 1 nitrogen and oxygen atoms in total. The molecule has 0 amide bonds. The Balaban J connectivity index is 1.82. The number of aromatic nitrogens is 1. The lowest BCUT2D eigenvalue weighted by Crippen LogP contribution is -2.49. The van der Waals surface area contributed by atoms with Crippen molar-refractivity contribution in [2.24, 2.45) is 17.8 Å². The molecule has 4 saturated carbocycles. The van der Waals surface area contributed by atoms with Crippen molar-refractivity contribution in [2.75, 3.05) is 0 Å². The molecule has 0 saturated heterocycles. The van der Waals surface area contributed by atoms with E-state index in [1.54, 1.807) is 11.3 Å². The lowest BCUT2D eigenvalue weighted by Gasteiger charge is -2.56. The van der Waals surface area contributed by atoms with Gasteiger partial charge in [0.15, 0.2) is 3.95 Å². The van der Waals surface area contributed by atoms with Crippen molar-refractivity contribution in [3.05, 3.63) is 14.5 Å². The average molecular weight is 265 g/mol. The van der Waals surface area contributed by atoms with Gasteiger partial charge in [-0.3, -0.25) is 0 Å². The predicted molar refractivity (Wildman–Crippen MR) is 74.1 cm³/mol. The van der Waals surface area contributed by atoms with Crippen LogP contribution in [0.2, 0.25) is 0 Å². The fraction of sp³-hybridized carbons (Fsp3) is 0.786. The molecule has 1 aromatic rings. The number of aromatic amines is 1. The SMILES string of the molecule is Cc1sc(=S)[nH]c1C12CC3CC(CC(C3)C1)C2. The molecule has 5 rings (SSSR count). The molecular weight excluding hydrogens is 246 g/mol. The topological polar surface area (TPSA) is 15.8 Å². The van der Waals surface area contributed by atoms with Gasteiger partial charge in [0.2, 0.25) is 0 Å². The molecule has 4 fully saturated rings. The van der Waals surface area contributed by atoms with Gasteiger partial charge in [-0.25, -0.2) is 0 Å². The summed E-state index contributed by atoms with van der Waals surface area (Å²) in [6, 6.07) is 0. The van der Waals surface area contributed by atoms with Crippen LogP contribution in [0.4, 0.5) is 0 Å². The minimum Gasteiger partial charge on any atom is -0.340 e. The van der Waals surface area contributed by atoms with E-state index < -0.39 is 0 Å². The molecule has 0 unspecified atom stereocenters. The van der Waals surface area contributed by atoms with Gasteiger partial charge in [0.05, 0.1) is 0 Å². The van der Waals surface area contributed by atoms with Crippen LogP contribution in [-0.4, -0.2) is 4.98 Å². The van der Waals surface area contributed by atoms with Crippen LogP contribution in [-0.2, 0) is 5.41 Å². The van der Waals surface area contributed by atoms with Crippen molar-refractivity contribution in [1.29, 1.82) is 0 Å². The Morgan fingerprint density at radius 2 is 1.65 bits per heavy atom. The van der Waals surface area contributed by atoms with Gasteiger partial charge in [0.1, 0.15) is 0 Å². The van der Waals surface area contributed by atoms with Crippen molar-refractivity contribution in [2.45, 2.75) is 50.9 Å². The van der Waals surface area contributed by atoms with Gasteiger partial charge in [-0.2, -0.15) is 0 Å². The first-order valence-corrected chi connectivity index (χ1v) is 8.07. The molecule has 4 aliphatic rings. The van der Waals surface area contributed by atoms with Crippen molar-refractivity contribution < 1.29 is 0 Å². The van der Waals surface area contributed by atoms with Crippen LogP contribution in [0.1, 0.15) is 49.1 Å². The van der Waals surface area contributed by atoms with Crippen LogP contribution >= 0.6 is 23.6 Å². The van der Waals surface area contributed by atoms with E-state index in [0.717, 1.165) is 21.7 Å². The molecule has 0 spiro atoms. The minimum absolute atomic E-state index is 0.492. The molecule has 0 atom stereocenters. The van der Waals surface area contributed by atoms with E-state index in [-0.39, 0.29) is 0 Å². The van der Waals surface area contributed by atoms with E-state index in [0.29, 0.717) is 5.41 Å². The first-order valence-electron chi connectivity index (χ1n) is 6.85. The molecule has 92 valence electrons. The van der Waals surface area contributed by atoms with Gasteiger partial charge >= 0.3 is 0 Å². The second kappa shape index (κ2) is 3.45. The Morgan fingerprint density at radius 3 is 2.06 bits per heavy atom. The number of hydrogen-bond acceptors (Lipinski definition) is 2. The summed E-state index contributed by atoms with van der Waals surface area (Å²) in [5, 5.41) is 0. The fourth-order valence-electron chi connectivity index (χ4n) is 5.33. The van der Waals surface area contributed by atoms with E-state index in [4.69, 9.17) is 12.2 Å². The van der Waals surface area contributed by atoms with Crippen LogP contribution in [0.15, 0.2) is 0 Å². The number of H-pyrrole nitrogens is 1. The molecule has 0 aromatic carbocycles. The third kappa shape index (κ3) is 1.51. The summed E-state index contributed by atoms with van der Waals surface area (Å²) in [6.07, 6.45) is 8.85. The Morgan fingerprint density at radius 1 is 1.12 bits per heavy atom. The van der Waals surface area contributed by atoms with Crippen molar-refractivity contribution >= 4 is 23.6 Å². The van der Waals surface area contributed by atoms with E-state index >= 15 is 0 Å². The molecule has 1 aromatic heterocycles. The molecule has 4 aliphatic carbocycles. The van der Waals surface area contributed by atoms with E-state index in [1.807, 2.05) is 0 Å². The van der Waals surface area contributed by atoms with Crippen molar-refractivity contribution in [3.63, 3.8) is 0 Å². The summed E-state index contributed by atoms with van der Waals surface area (Å²) in [4.78, 5) is 4.99. The Bertz CT molecular complexity index is 475. The number of aryl methyl sites for hydroxylation is 1. The predicted octanol–water partition coefficient (Wildman–Crippen LogP) is 4.58. The van der Waals surface area contributed by atoms with Gasteiger partial charge in [-0.05, 0) is 75.4 Å². The van der Waals surface area contributed by atoms with Gasteiger partial charge in [-0.1, -0.05) is 0 Å². The van der Waals surface area contributed by atoms with Crippen LogP contribution in [0.25, 0.3) is 0 Å². The Kier molecular flexibility index (Phi) is 2.18. The number of thiazole rings is 1.